The zero-order chi connectivity index (χ0) is 10.5. The van der Waals surface area contributed by atoms with Gasteiger partial charge in [-0.1, -0.05) is 0 Å². The van der Waals surface area contributed by atoms with Gasteiger partial charge in [0.15, 0.2) is 0 Å². The van der Waals surface area contributed by atoms with Gasteiger partial charge in [0.1, 0.15) is 5.82 Å². The Morgan fingerprint density at radius 3 is 2.91 bits per heavy atom. The average Bonchev–Trinajstić information content (AvgIpc) is 2.96. The number of hydrogen-bond acceptors (Lipinski definition) is 1. The van der Waals surface area contributed by atoms with Crippen LogP contribution in [0.2, 0.25) is 0 Å². The van der Waals surface area contributed by atoms with Crippen LogP contribution in [0.5, 0.6) is 0 Å². The third kappa shape index (κ3) is 1.20. The van der Waals surface area contributed by atoms with E-state index in [-0.39, 0.29) is 23.7 Å². The van der Waals surface area contributed by atoms with E-state index in [4.69, 9.17) is 9.85 Å². The topological polar surface area (TPSA) is 26.0 Å². The number of anilines is 1. The van der Waals surface area contributed by atoms with Gasteiger partial charge < -0.3 is 5.73 Å². The molecule has 0 heterocycles. The monoisotopic (exact) mass is 154 g/mol. The molecule has 0 radical (unpaired) electrons. The van der Waals surface area contributed by atoms with Crippen LogP contribution in [0.15, 0.2) is 18.1 Å². The lowest BCUT2D eigenvalue weighted by Crippen LogP contribution is -1.92. The summed E-state index contributed by atoms with van der Waals surface area (Å²) >= 11 is 0. The highest BCUT2D eigenvalue weighted by atomic mass is 19.1. The van der Waals surface area contributed by atoms with Crippen molar-refractivity contribution in [3.8, 4) is 0 Å². The highest BCUT2D eigenvalue weighted by Gasteiger charge is 2.25. The molecule has 1 aromatic carbocycles. The van der Waals surface area contributed by atoms with Gasteiger partial charge in [-0.25, -0.2) is 4.39 Å². The fourth-order valence-corrected chi connectivity index (χ4v) is 1.10. The summed E-state index contributed by atoms with van der Waals surface area (Å²) in [6, 6.07) is -1.16. The van der Waals surface area contributed by atoms with Gasteiger partial charge in [-0.15, -0.1) is 0 Å². The summed E-state index contributed by atoms with van der Waals surface area (Å²) in [5, 5.41) is 0. The third-order valence-electron chi connectivity index (χ3n) is 1.83. The lowest BCUT2D eigenvalue weighted by Gasteiger charge is -2.02. The van der Waals surface area contributed by atoms with Crippen LogP contribution >= 0.6 is 0 Å². The van der Waals surface area contributed by atoms with Crippen LogP contribution in [0.25, 0.3) is 0 Å². The largest absolute Gasteiger partial charge is 0.398 e. The van der Waals surface area contributed by atoms with Gasteiger partial charge in [-0.3, -0.25) is 0 Å². The highest BCUT2D eigenvalue weighted by molar-refractivity contribution is 5.50. The van der Waals surface area contributed by atoms with Crippen LogP contribution in [-0.2, 0) is 0 Å². The van der Waals surface area contributed by atoms with Crippen molar-refractivity contribution in [3.63, 3.8) is 0 Å². The predicted octanol–water partition coefficient (Wildman–Crippen LogP) is 2.29. The molecule has 0 saturated heterocycles. The SMILES string of the molecule is [2H]c1c([2H])c(F)c([2H])c(C2CC2)c1N. The van der Waals surface area contributed by atoms with E-state index >= 15 is 0 Å². The van der Waals surface area contributed by atoms with Gasteiger partial charge in [0.2, 0.25) is 0 Å². The molecule has 1 saturated carbocycles. The Morgan fingerprint density at radius 1 is 1.55 bits per heavy atom. The number of halogens is 1. The maximum atomic E-state index is 13.3. The first kappa shape index (κ1) is 4.10. The van der Waals surface area contributed by atoms with Crippen molar-refractivity contribution in [1.29, 1.82) is 0 Å². The molecule has 1 aliphatic carbocycles. The van der Waals surface area contributed by atoms with Crippen LogP contribution in [0.4, 0.5) is 10.1 Å². The van der Waals surface area contributed by atoms with Gasteiger partial charge in [-0.2, -0.15) is 0 Å². The quantitative estimate of drug-likeness (QED) is 0.617. The van der Waals surface area contributed by atoms with E-state index in [0.29, 0.717) is 5.56 Å². The molecular weight excluding hydrogens is 141 g/mol. The zero-order valence-electron chi connectivity index (χ0n) is 8.95. The molecule has 1 aromatic rings. The predicted molar refractivity (Wildman–Crippen MR) is 42.8 cm³/mol. The molecular formula is C9H10FN. The van der Waals surface area contributed by atoms with Crippen molar-refractivity contribution in [2.24, 2.45) is 0 Å². The molecule has 2 rings (SSSR count). The molecule has 1 nitrogen and oxygen atoms in total. The van der Waals surface area contributed by atoms with Crippen LogP contribution in [0.3, 0.4) is 0 Å². The minimum Gasteiger partial charge on any atom is -0.398 e. The molecule has 0 aromatic heterocycles. The normalized spacial score (nSPS) is 20.6. The summed E-state index contributed by atoms with van der Waals surface area (Å²) in [5.41, 5.74) is 6.12. The standard InChI is InChI=1S/C9H10FN/c10-7-3-4-9(11)8(5-7)6-1-2-6/h3-6H,1-2,11H2/i3D,4D,5D. The van der Waals surface area contributed by atoms with Gasteiger partial charge in [0, 0.05) is 5.69 Å². The fraction of sp³-hybridized carbons (Fsp3) is 0.333. The van der Waals surface area contributed by atoms with E-state index in [1.54, 1.807) is 0 Å². The van der Waals surface area contributed by atoms with Crippen molar-refractivity contribution in [1.82, 2.24) is 0 Å². The molecule has 1 aliphatic rings. The van der Waals surface area contributed by atoms with Crippen molar-refractivity contribution in [2.75, 3.05) is 5.73 Å². The maximum absolute atomic E-state index is 13.3. The molecule has 0 amide bonds. The second-order valence-electron chi connectivity index (χ2n) is 2.79. The fourth-order valence-electron chi connectivity index (χ4n) is 1.10. The van der Waals surface area contributed by atoms with Gasteiger partial charge in [0.25, 0.3) is 0 Å². The molecule has 0 atom stereocenters. The minimum atomic E-state index is -0.925. The minimum absolute atomic E-state index is 0.101. The van der Waals surface area contributed by atoms with Crippen molar-refractivity contribution in [3.05, 3.63) is 29.5 Å². The first-order valence-electron chi connectivity index (χ1n) is 5.08. The first-order valence-corrected chi connectivity index (χ1v) is 3.58. The van der Waals surface area contributed by atoms with Gasteiger partial charge in [-0.05, 0) is 42.5 Å². The van der Waals surface area contributed by atoms with Crippen LogP contribution in [0, 0.1) is 5.82 Å². The molecule has 0 aliphatic heterocycles. The molecule has 2 heteroatoms. The Labute approximate surface area is 69.2 Å². The van der Waals surface area contributed by atoms with Crippen LogP contribution in [0.1, 0.15) is 28.4 Å². The van der Waals surface area contributed by atoms with Crippen molar-refractivity contribution < 1.29 is 8.50 Å². The summed E-state index contributed by atoms with van der Waals surface area (Å²) in [5.74, 6) is -0.798. The molecule has 2 N–H and O–H groups in total. The Hall–Kier alpha value is -1.05. The summed E-state index contributed by atoms with van der Waals surface area (Å²) in [6.07, 6.45) is 1.79. The summed E-state index contributed by atoms with van der Waals surface area (Å²) in [7, 11) is 0. The molecule has 1 fully saturated rings. The second-order valence-corrected chi connectivity index (χ2v) is 2.79. The van der Waals surface area contributed by atoms with E-state index < -0.39 is 11.9 Å². The summed E-state index contributed by atoms with van der Waals surface area (Å²) in [4.78, 5) is 0. The molecule has 0 bridgehead atoms. The highest BCUT2D eigenvalue weighted by Crippen LogP contribution is 2.42. The Bertz CT molecular complexity index is 373. The third-order valence-corrected chi connectivity index (χ3v) is 1.83. The van der Waals surface area contributed by atoms with E-state index in [2.05, 4.69) is 0 Å². The van der Waals surface area contributed by atoms with E-state index in [1.807, 2.05) is 0 Å². The number of rotatable bonds is 1. The lowest BCUT2D eigenvalue weighted by molar-refractivity contribution is 0.626. The number of nitrogens with two attached hydrogens (primary N) is 1. The second kappa shape index (κ2) is 2.22. The van der Waals surface area contributed by atoms with Crippen molar-refractivity contribution >= 4 is 5.69 Å². The number of nitrogen functional groups attached to an aromatic ring is 1. The summed E-state index contributed by atoms with van der Waals surface area (Å²) < 4.78 is 35.4. The molecule has 0 spiro atoms. The Kier molecular flexibility index (Phi) is 0.828. The Balaban J connectivity index is 2.69. The molecule has 11 heavy (non-hydrogen) atoms. The smallest absolute Gasteiger partial charge is 0.123 e. The van der Waals surface area contributed by atoms with E-state index in [1.165, 1.54) is 0 Å². The van der Waals surface area contributed by atoms with Crippen LogP contribution < -0.4 is 5.73 Å². The maximum Gasteiger partial charge on any atom is 0.123 e. The first-order chi connectivity index (χ1) is 6.54. The van der Waals surface area contributed by atoms with Crippen LogP contribution in [-0.4, -0.2) is 0 Å². The summed E-state index contributed by atoms with van der Waals surface area (Å²) in [6.45, 7) is 0. The Morgan fingerprint density at radius 2 is 2.27 bits per heavy atom. The average molecular weight is 154 g/mol. The number of benzene rings is 1. The van der Waals surface area contributed by atoms with E-state index in [0.717, 1.165) is 12.8 Å². The lowest BCUT2D eigenvalue weighted by atomic mass is 10.1. The van der Waals surface area contributed by atoms with Gasteiger partial charge in [0.05, 0.1) is 4.11 Å². The molecule has 0 unspecified atom stereocenters. The van der Waals surface area contributed by atoms with Gasteiger partial charge >= 0.3 is 0 Å². The van der Waals surface area contributed by atoms with Crippen molar-refractivity contribution in [2.45, 2.75) is 18.8 Å². The molecule has 58 valence electrons. The zero-order valence-corrected chi connectivity index (χ0v) is 5.95. The van der Waals surface area contributed by atoms with E-state index in [9.17, 15) is 4.39 Å². The number of hydrogen-bond donors (Lipinski definition) is 1.